The first kappa shape index (κ1) is 38.5. The quantitative estimate of drug-likeness (QED) is 0.152. The van der Waals surface area contributed by atoms with Gasteiger partial charge in [-0.05, 0) is 110 Å². The highest BCUT2D eigenvalue weighted by atomic mass is 16.3. The molecule has 3 heteroatoms. The van der Waals surface area contributed by atoms with Crippen molar-refractivity contribution in [2.24, 2.45) is 0 Å². The topological polar surface area (TPSA) is 21.3 Å². The van der Waals surface area contributed by atoms with E-state index in [1.807, 2.05) is 0 Å². The zero-order valence-electron chi connectivity index (χ0n) is 36.6. The lowest BCUT2D eigenvalue weighted by Crippen LogP contribution is -2.10. The molecule has 0 aliphatic carbocycles. The lowest BCUT2D eigenvalue weighted by Gasteiger charge is -2.26. The third-order valence-electron chi connectivity index (χ3n) is 13.4. The molecule has 2 heterocycles. The molecular formula is C64H42N2O. The third kappa shape index (κ3) is 6.59. The number of fused-ring (bicyclic) bond motifs is 8. The Balaban J connectivity index is 0.954. The highest BCUT2D eigenvalue weighted by Gasteiger charge is 2.23. The number of rotatable bonds is 8. The van der Waals surface area contributed by atoms with E-state index in [9.17, 15) is 0 Å². The van der Waals surface area contributed by atoms with Crippen LogP contribution in [0, 0.1) is 0 Å². The summed E-state index contributed by atoms with van der Waals surface area (Å²) in [5.41, 5.74) is 17.6. The fourth-order valence-corrected chi connectivity index (χ4v) is 10.2. The molecule has 11 aromatic carbocycles. The molecule has 13 aromatic rings. The molecule has 0 saturated heterocycles. The first-order valence-corrected chi connectivity index (χ1v) is 22.9. The van der Waals surface area contributed by atoms with Crippen LogP contribution in [0.2, 0.25) is 0 Å². The van der Waals surface area contributed by atoms with Crippen molar-refractivity contribution < 1.29 is 4.42 Å². The third-order valence-corrected chi connectivity index (χ3v) is 13.4. The molecule has 0 spiro atoms. The van der Waals surface area contributed by atoms with Gasteiger partial charge in [-0.15, -0.1) is 0 Å². The molecule has 314 valence electrons. The predicted octanol–water partition coefficient (Wildman–Crippen LogP) is 18.0. The van der Waals surface area contributed by atoms with Crippen LogP contribution in [0.15, 0.2) is 259 Å². The molecule has 0 unspecified atom stereocenters. The monoisotopic (exact) mass is 854 g/mol. The lowest BCUT2D eigenvalue weighted by molar-refractivity contribution is 0.670. The molecule has 13 rings (SSSR count). The standard InChI is InChI=1S/C64H42N2O/c1-4-15-43(16-5-1)45-27-34-51(35-28-45)65(60-26-14-24-57-62-54-22-11-10-21-50(54)41-58(64(62)67-63(57)60)48-19-8-3-9-20-48)52-36-31-47(32-37-52)49-33-40-56-55-23-12-13-25-59(55)66(61(56)42-49)53-38-29-46(30-39-53)44-17-6-2-7-18-44/h1-42H. The molecule has 0 aliphatic heterocycles. The summed E-state index contributed by atoms with van der Waals surface area (Å²) in [7, 11) is 0. The van der Waals surface area contributed by atoms with Gasteiger partial charge in [0.2, 0.25) is 0 Å². The van der Waals surface area contributed by atoms with Crippen LogP contribution in [0.25, 0.3) is 105 Å². The van der Waals surface area contributed by atoms with Gasteiger partial charge in [-0.2, -0.15) is 0 Å². The first-order valence-electron chi connectivity index (χ1n) is 22.9. The number of aromatic nitrogens is 1. The average molecular weight is 855 g/mol. The highest BCUT2D eigenvalue weighted by molar-refractivity contribution is 6.24. The van der Waals surface area contributed by atoms with E-state index in [0.29, 0.717) is 0 Å². The Morgan fingerprint density at radius 3 is 1.46 bits per heavy atom. The molecule has 0 fully saturated rings. The summed E-state index contributed by atoms with van der Waals surface area (Å²) in [4.78, 5) is 2.34. The lowest BCUT2D eigenvalue weighted by atomic mass is 9.96. The van der Waals surface area contributed by atoms with Gasteiger partial charge in [0, 0.05) is 44.2 Å². The number of hydrogen-bond donors (Lipinski definition) is 0. The van der Waals surface area contributed by atoms with E-state index < -0.39 is 0 Å². The Kier molecular flexibility index (Phi) is 9.17. The smallest absolute Gasteiger partial charge is 0.159 e. The first-order chi connectivity index (χ1) is 33.2. The van der Waals surface area contributed by atoms with E-state index in [1.165, 1.54) is 54.8 Å². The number of anilines is 3. The van der Waals surface area contributed by atoms with Gasteiger partial charge >= 0.3 is 0 Å². The van der Waals surface area contributed by atoms with Gasteiger partial charge in [0.1, 0.15) is 5.58 Å². The molecule has 0 atom stereocenters. The summed E-state index contributed by atoms with van der Waals surface area (Å²) < 4.78 is 9.59. The molecule has 67 heavy (non-hydrogen) atoms. The molecule has 0 radical (unpaired) electrons. The van der Waals surface area contributed by atoms with Crippen molar-refractivity contribution in [1.82, 2.24) is 4.57 Å². The normalized spacial score (nSPS) is 11.6. The number of para-hydroxylation sites is 2. The fraction of sp³-hybridized carbons (Fsp3) is 0. The fourth-order valence-electron chi connectivity index (χ4n) is 10.2. The minimum atomic E-state index is 0.845. The maximum absolute atomic E-state index is 7.19. The van der Waals surface area contributed by atoms with Gasteiger partial charge < -0.3 is 13.9 Å². The summed E-state index contributed by atoms with van der Waals surface area (Å²) in [6, 6.07) is 91.6. The maximum Gasteiger partial charge on any atom is 0.159 e. The van der Waals surface area contributed by atoms with Crippen LogP contribution < -0.4 is 4.90 Å². The van der Waals surface area contributed by atoms with Gasteiger partial charge in [-0.25, -0.2) is 0 Å². The van der Waals surface area contributed by atoms with Crippen molar-refractivity contribution in [1.29, 1.82) is 0 Å². The molecule has 0 saturated carbocycles. The second kappa shape index (κ2) is 16.0. The second-order valence-corrected chi connectivity index (χ2v) is 17.3. The van der Waals surface area contributed by atoms with Crippen molar-refractivity contribution in [3.05, 3.63) is 255 Å². The van der Waals surface area contributed by atoms with E-state index >= 15 is 0 Å². The molecular weight excluding hydrogens is 813 g/mol. The second-order valence-electron chi connectivity index (χ2n) is 17.3. The zero-order chi connectivity index (χ0) is 44.3. The number of furan rings is 1. The van der Waals surface area contributed by atoms with Crippen molar-refractivity contribution in [3.63, 3.8) is 0 Å². The van der Waals surface area contributed by atoms with E-state index in [0.717, 1.165) is 66.9 Å². The largest absolute Gasteiger partial charge is 0.453 e. The Bertz CT molecular complexity index is 3930. The Morgan fingerprint density at radius 2 is 0.806 bits per heavy atom. The minimum absolute atomic E-state index is 0.845. The predicted molar refractivity (Wildman–Crippen MR) is 282 cm³/mol. The molecule has 2 aromatic heterocycles. The van der Waals surface area contributed by atoms with Gasteiger partial charge in [-0.3, -0.25) is 0 Å². The van der Waals surface area contributed by atoms with Crippen LogP contribution in [-0.4, -0.2) is 4.57 Å². The SMILES string of the molecule is c1ccc(-c2ccc(N(c3ccc(-c4ccc5c6ccccc6n(-c6ccc(-c7ccccc7)cc6)c5c4)cc3)c3cccc4c3oc3c(-c5ccccc5)cc5ccccc5c34)cc2)cc1. The van der Waals surface area contributed by atoms with Crippen LogP contribution in [0.4, 0.5) is 17.1 Å². The van der Waals surface area contributed by atoms with Crippen LogP contribution in [0.5, 0.6) is 0 Å². The molecule has 0 aliphatic rings. The van der Waals surface area contributed by atoms with Gasteiger partial charge in [0.25, 0.3) is 0 Å². The summed E-state index contributed by atoms with van der Waals surface area (Å²) in [5, 5.41) is 7.05. The Morgan fingerprint density at radius 1 is 0.313 bits per heavy atom. The van der Waals surface area contributed by atoms with Crippen LogP contribution in [0.3, 0.4) is 0 Å². The van der Waals surface area contributed by atoms with Crippen molar-refractivity contribution >= 4 is 71.6 Å². The highest BCUT2D eigenvalue weighted by Crippen LogP contribution is 2.47. The molecule has 0 bridgehead atoms. The minimum Gasteiger partial charge on any atom is -0.453 e. The van der Waals surface area contributed by atoms with E-state index in [-0.39, 0.29) is 0 Å². The Hall–Kier alpha value is -8.92. The van der Waals surface area contributed by atoms with E-state index in [2.05, 4.69) is 264 Å². The molecule has 3 nitrogen and oxygen atoms in total. The molecule has 0 N–H and O–H groups in total. The van der Waals surface area contributed by atoms with Gasteiger partial charge in [0.15, 0.2) is 5.58 Å². The summed E-state index contributed by atoms with van der Waals surface area (Å²) in [6.07, 6.45) is 0. The van der Waals surface area contributed by atoms with Crippen molar-refractivity contribution in [2.75, 3.05) is 4.90 Å². The zero-order valence-corrected chi connectivity index (χ0v) is 36.6. The summed E-state index contributed by atoms with van der Waals surface area (Å²) >= 11 is 0. The van der Waals surface area contributed by atoms with Crippen molar-refractivity contribution in [2.45, 2.75) is 0 Å². The maximum atomic E-state index is 7.19. The van der Waals surface area contributed by atoms with Gasteiger partial charge in [0.05, 0.1) is 16.7 Å². The van der Waals surface area contributed by atoms with Gasteiger partial charge in [-0.1, -0.05) is 194 Å². The number of nitrogens with zero attached hydrogens (tertiary/aromatic N) is 2. The number of benzene rings is 11. The van der Waals surface area contributed by atoms with Crippen molar-refractivity contribution in [3.8, 4) is 50.2 Å². The van der Waals surface area contributed by atoms with E-state index in [1.54, 1.807) is 0 Å². The van der Waals surface area contributed by atoms with E-state index in [4.69, 9.17) is 4.42 Å². The molecule has 0 amide bonds. The van der Waals surface area contributed by atoms with Crippen LogP contribution in [0.1, 0.15) is 0 Å². The summed E-state index contributed by atoms with van der Waals surface area (Å²) in [5.74, 6) is 0. The Labute approximate surface area is 388 Å². The summed E-state index contributed by atoms with van der Waals surface area (Å²) in [6.45, 7) is 0. The van der Waals surface area contributed by atoms with Crippen LogP contribution >= 0.6 is 0 Å². The number of hydrogen-bond acceptors (Lipinski definition) is 2. The average Bonchev–Trinajstić information content (AvgIpc) is 3.97. The van der Waals surface area contributed by atoms with Crippen LogP contribution in [-0.2, 0) is 0 Å².